The molecule has 0 radical (unpaired) electrons. The first-order chi connectivity index (χ1) is 8.17. The van der Waals surface area contributed by atoms with Gasteiger partial charge in [-0.05, 0) is 44.1 Å². The van der Waals surface area contributed by atoms with Gasteiger partial charge in [0.2, 0.25) is 0 Å². The normalized spacial score (nSPS) is 33.2. The predicted molar refractivity (Wildman–Crippen MR) is 78.7 cm³/mol. The Hall–Kier alpha value is 0.440. The van der Waals surface area contributed by atoms with Crippen LogP contribution in [0.3, 0.4) is 0 Å². The molecule has 0 heterocycles. The average Bonchev–Trinajstić information content (AvgIpc) is 2.79. The Morgan fingerprint density at radius 1 is 1.12 bits per heavy atom. The summed E-state index contributed by atoms with van der Waals surface area (Å²) in [6.45, 7) is 3.77. The van der Waals surface area contributed by atoms with E-state index >= 15 is 0 Å². The molecule has 17 heavy (non-hydrogen) atoms. The first-order valence-corrected chi connectivity index (χ1v) is 8.55. The van der Waals surface area contributed by atoms with Gasteiger partial charge in [-0.2, -0.15) is 0 Å². The Morgan fingerprint density at radius 3 is 2.35 bits per heavy atom. The lowest BCUT2D eigenvalue weighted by molar-refractivity contribution is 0.0951. The van der Waals surface area contributed by atoms with E-state index in [2.05, 4.69) is 34.8 Å². The van der Waals surface area contributed by atoms with Gasteiger partial charge in [-0.25, -0.2) is 0 Å². The number of hydrogen-bond acceptors (Lipinski definition) is 1. The van der Waals surface area contributed by atoms with Crippen molar-refractivity contribution in [2.45, 2.75) is 64.3 Å². The molecule has 2 saturated carbocycles. The molecule has 2 fully saturated rings. The van der Waals surface area contributed by atoms with Crippen LogP contribution in [0.15, 0.2) is 0 Å². The zero-order valence-corrected chi connectivity index (χ0v) is 13.1. The van der Waals surface area contributed by atoms with E-state index in [-0.39, 0.29) is 0 Å². The Kier molecular flexibility index (Phi) is 4.94. The lowest BCUT2D eigenvalue weighted by atomic mass is 9.82. The maximum Gasteiger partial charge on any atom is 0.0118 e. The fraction of sp³-hybridized carbons (Fsp3) is 1.00. The molecule has 1 nitrogen and oxygen atoms in total. The van der Waals surface area contributed by atoms with Crippen LogP contribution in [0, 0.1) is 11.3 Å². The van der Waals surface area contributed by atoms with Crippen LogP contribution in [-0.2, 0) is 0 Å². The Morgan fingerprint density at radius 2 is 1.76 bits per heavy atom. The molecule has 2 rings (SSSR count). The van der Waals surface area contributed by atoms with Gasteiger partial charge in [0, 0.05) is 17.9 Å². The third-order valence-electron chi connectivity index (χ3n) is 5.16. The summed E-state index contributed by atoms with van der Waals surface area (Å²) in [5.74, 6) is 0.905. The summed E-state index contributed by atoms with van der Waals surface area (Å²) in [5, 5.41) is 1.20. The summed E-state index contributed by atoms with van der Waals surface area (Å²) < 4.78 is 0. The molecule has 0 aliphatic heterocycles. The first kappa shape index (κ1) is 13.9. The molecule has 100 valence electrons. The van der Waals surface area contributed by atoms with Crippen LogP contribution in [0.2, 0.25) is 0 Å². The zero-order valence-electron chi connectivity index (χ0n) is 11.6. The SMILES string of the molecule is CC1CCCCC1N(C)CC1(CBr)CCCC1. The highest BCUT2D eigenvalue weighted by molar-refractivity contribution is 9.09. The van der Waals surface area contributed by atoms with E-state index in [0.717, 1.165) is 12.0 Å². The summed E-state index contributed by atoms with van der Waals surface area (Å²) in [6, 6.07) is 0.847. The third-order valence-corrected chi connectivity index (χ3v) is 6.35. The largest absolute Gasteiger partial charge is 0.303 e. The van der Waals surface area contributed by atoms with E-state index in [1.54, 1.807) is 0 Å². The minimum atomic E-state index is 0.589. The van der Waals surface area contributed by atoms with Gasteiger partial charge in [0.1, 0.15) is 0 Å². The van der Waals surface area contributed by atoms with Crippen LogP contribution >= 0.6 is 15.9 Å². The molecule has 2 aliphatic carbocycles. The van der Waals surface area contributed by atoms with E-state index in [0.29, 0.717) is 5.41 Å². The highest BCUT2D eigenvalue weighted by Gasteiger charge is 2.36. The van der Waals surface area contributed by atoms with Gasteiger partial charge in [0.15, 0.2) is 0 Å². The van der Waals surface area contributed by atoms with Gasteiger partial charge in [0.25, 0.3) is 0 Å². The monoisotopic (exact) mass is 301 g/mol. The predicted octanol–water partition coefficient (Wildman–Crippen LogP) is 4.45. The van der Waals surface area contributed by atoms with Crippen LogP contribution < -0.4 is 0 Å². The van der Waals surface area contributed by atoms with Gasteiger partial charge in [-0.15, -0.1) is 0 Å². The molecule has 0 amide bonds. The zero-order chi connectivity index (χ0) is 12.3. The second-order valence-electron chi connectivity index (χ2n) is 6.58. The topological polar surface area (TPSA) is 3.24 Å². The summed E-state index contributed by atoms with van der Waals surface area (Å²) >= 11 is 3.77. The summed E-state index contributed by atoms with van der Waals surface area (Å²) in [4.78, 5) is 2.69. The van der Waals surface area contributed by atoms with Crippen LogP contribution in [0.1, 0.15) is 58.3 Å². The van der Waals surface area contributed by atoms with E-state index in [4.69, 9.17) is 0 Å². The van der Waals surface area contributed by atoms with Crippen molar-refractivity contribution in [2.75, 3.05) is 18.9 Å². The number of nitrogens with zero attached hydrogens (tertiary/aromatic N) is 1. The fourth-order valence-corrected chi connectivity index (χ4v) is 4.79. The number of hydrogen-bond donors (Lipinski definition) is 0. The average molecular weight is 302 g/mol. The Balaban J connectivity index is 1.92. The second-order valence-corrected chi connectivity index (χ2v) is 7.15. The van der Waals surface area contributed by atoms with Gasteiger partial charge >= 0.3 is 0 Å². The molecule has 0 bridgehead atoms. The maximum atomic E-state index is 3.77. The molecule has 2 unspecified atom stereocenters. The molecule has 0 saturated heterocycles. The van der Waals surface area contributed by atoms with Crippen molar-refractivity contribution in [3.8, 4) is 0 Å². The van der Waals surface area contributed by atoms with Crippen molar-refractivity contribution in [3.05, 3.63) is 0 Å². The van der Waals surface area contributed by atoms with Crippen molar-refractivity contribution in [1.82, 2.24) is 4.90 Å². The van der Waals surface area contributed by atoms with Crippen molar-refractivity contribution < 1.29 is 0 Å². The molecule has 0 spiro atoms. The maximum absolute atomic E-state index is 3.77. The van der Waals surface area contributed by atoms with Crippen LogP contribution in [0.25, 0.3) is 0 Å². The minimum Gasteiger partial charge on any atom is -0.303 e. The van der Waals surface area contributed by atoms with E-state index in [1.165, 1.54) is 63.2 Å². The summed E-state index contributed by atoms with van der Waals surface area (Å²) in [6.07, 6.45) is 11.5. The molecule has 2 aliphatic rings. The van der Waals surface area contributed by atoms with Gasteiger partial charge in [-0.1, -0.05) is 48.5 Å². The molecule has 0 aromatic heterocycles. The van der Waals surface area contributed by atoms with Crippen molar-refractivity contribution in [2.24, 2.45) is 11.3 Å². The van der Waals surface area contributed by atoms with Gasteiger partial charge < -0.3 is 4.90 Å². The molecular formula is C15H28BrN. The van der Waals surface area contributed by atoms with Crippen molar-refractivity contribution in [3.63, 3.8) is 0 Å². The fourth-order valence-electron chi connectivity index (χ4n) is 4.06. The lowest BCUT2D eigenvalue weighted by Crippen LogP contribution is -2.45. The smallest absolute Gasteiger partial charge is 0.0118 e. The van der Waals surface area contributed by atoms with Gasteiger partial charge in [-0.3, -0.25) is 0 Å². The highest BCUT2D eigenvalue weighted by Crippen LogP contribution is 2.41. The molecular weight excluding hydrogens is 274 g/mol. The van der Waals surface area contributed by atoms with Crippen LogP contribution in [0.5, 0.6) is 0 Å². The quantitative estimate of drug-likeness (QED) is 0.693. The summed E-state index contributed by atoms with van der Waals surface area (Å²) in [5.41, 5.74) is 0.589. The van der Waals surface area contributed by atoms with E-state index in [9.17, 15) is 0 Å². The lowest BCUT2D eigenvalue weighted by Gasteiger charge is -2.41. The number of rotatable bonds is 4. The first-order valence-electron chi connectivity index (χ1n) is 7.43. The number of alkyl halides is 1. The van der Waals surface area contributed by atoms with Crippen molar-refractivity contribution >= 4 is 15.9 Å². The molecule has 0 aromatic carbocycles. The van der Waals surface area contributed by atoms with E-state index < -0.39 is 0 Å². The second kappa shape index (κ2) is 6.06. The molecule has 0 N–H and O–H groups in total. The molecule has 2 atom stereocenters. The Bertz CT molecular complexity index is 235. The van der Waals surface area contributed by atoms with E-state index in [1.807, 2.05) is 0 Å². The van der Waals surface area contributed by atoms with Crippen LogP contribution in [-0.4, -0.2) is 29.9 Å². The standard InChI is InChI=1S/C15H28BrN/c1-13-7-3-4-8-14(13)17(2)12-15(11-16)9-5-6-10-15/h13-14H,3-12H2,1-2H3. The minimum absolute atomic E-state index is 0.589. The van der Waals surface area contributed by atoms with Gasteiger partial charge in [0.05, 0.1) is 0 Å². The Labute approximate surface area is 115 Å². The summed E-state index contributed by atoms with van der Waals surface area (Å²) in [7, 11) is 2.37. The molecule has 2 heteroatoms. The molecule has 0 aromatic rings. The third kappa shape index (κ3) is 3.26. The van der Waals surface area contributed by atoms with Crippen LogP contribution in [0.4, 0.5) is 0 Å². The van der Waals surface area contributed by atoms with Crippen molar-refractivity contribution in [1.29, 1.82) is 0 Å². The number of halogens is 1. The highest BCUT2D eigenvalue weighted by atomic mass is 79.9.